The summed E-state index contributed by atoms with van der Waals surface area (Å²) in [4.78, 5) is 44.4. The predicted octanol–water partition coefficient (Wildman–Crippen LogP) is 3.14. The van der Waals surface area contributed by atoms with E-state index in [0.717, 1.165) is 7.85 Å². The molecule has 2 aliphatic heterocycles. The van der Waals surface area contributed by atoms with Crippen molar-refractivity contribution in [3.8, 4) is 0 Å². The molecule has 8 nitrogen and oxygen atoms in total. The second kappa shape index (κ2) is 6.25. The fourth-order valence-corrected chi connectivity index (χ4v) is 3.25. The van der Waals surface area contributed by atoms with E-state index < -0.39 is 29.0 Å². The van der Waals surface area contributed by atoms with E-state index in [1.165, 1.54) is 3.93 Å². The molecule has 12 heteroatoms. The van der Waals surface area contributed by atoms with Crippen molar-refractivity contribution in [2.75, 3.05) is 0 Å². The molecule has 2 aliphatic rings. The summed E-state index contributed by atoms with van der Waals surface area (Å²) in [5, 5.41) is 0. The van der Waals surface area contributed by atoms with E-state index in [2.05, 4.69) is 48.4 Å². The lowest BCUT2D eigenvalue weighted by Gasteiger charge is -2.19. The molecular weight excluding hydrogens is 515 g/mol. The summed E-state index contributed by atoms with van der Waals surface area (Å²) in [5.41, 5.74) is -1.70. The predicted molar refractivity (Wildman–Crippen MR) is 89.0 cm³/mol. The Morgan fingerprint density at radius 1 is 0.773 bits per heavy atom. The molecule has 2 saturated heterocycles. The van der Waals surface area contributed by atoms with Crippen molar-refractivity contribution in [2.45, 2.75) is 38.8 Å². The molecule has 2 heterocycles. The fraction of sp³-hybridized carbons (Fsp3) is 0.600. The van der Waals surface area contributed by atoms with Gasteiger partial charge in [0.05, 0.1) is 48.4 Å². The lowest BCUT2D eigenvalue weighted by atomic mass is 10.1. The van der Waals surface area contributed by atoms with Gasteiger partial charge >= 0.3 is 12.1 Å². The van der Waals surface area contributed by atoms with Crippen molar-refractivity contribution in [2.24, 2.45) is 0 Å². The van der Waals surface area contributed by atoms with Crippen LogP contribution in [0.4, 0.5) is 9.59 Å². The van der Waals surface area contributed by atoms with E-state index in [1.807, 2.05) is 0 Å². The van der Waals surface area contributed by atoms with Gasteiger partial charge in [0.25, 0.3) is 11.8 Å². The fourth-order valence-electron chi connectivity index (χ4n) is 1.45. The SMILES string of the molecule is CC1(C)C(=O)N(Br)C(=O)N1Br.CC1(C)C(=O)N(Cl)C(=O)N1Br. The number of imide groups is 2. The van der Waals surface area contributed by atoms with Crippen LogP contribution in [-0.4, -0.2) is 51.2 Å². The van der Waals surface area contributed by atoms with Gasteiger partial charge < -0.3 is 0 Å². The lowest BCUT2D eigenvalue weighted by molar-refractivity contribution is -0.128. The van der Waals surface area contributed by atoms with Crippen LogP contribution >= 0.6 is 60.2 Å². The minimum absolute atomic E-state index is 0.278. The van der Waals surface area contributed by atoms with Crippen LogP contribution in [0.2, 0.25) is 0 Å². The number of hydrogen-bond donors (Lipinski definition) is 0. The molecule has 0 unspecified atom stereocenters. The van der Waals surface area contributed by atoms with E-state index >= 15 is 0 Å². The van der Waals surface area contributed by atoms with Crippen LogP contribution in [0.15, 0.2) is 0 Å². The van der Waals surface area contributed by atoms with Gasteiger partial charge in [0, 0.05) is 11.8 Å². The molecule has 0 aromatic heterocycles. The van der Waals surface area contributed by atoms with Crippen molar-refractivity contribution in [1.82, 2.24) is 16.2 Å². The molecule has 0 radical (unpaired) electrons. The van der Waals surface area contributed by atoms with Gasteiger partial charge in [0.1, 0.15) is 11.1 Å². The highest BCUT2D eigenvalue weighted by Gasteiger charge is 2.51. The quantitative estimate of drug-likeness (QED) is 0.358. The first kappa shape index (κ1) is 19.7. The minimum Gasteiger partial charge on any atom is -0.271 e. The van der Waals surface area contributed by atoms with Gasteiger partial charge in [0.15, 0.2) is 0 Å². The highest BCUT2D eigenvalue weighted by Crippen LogP contribution is 2.32. The summed E-state index contributed by atoms with van der Waals surface area (Å²) < 4.78 is 3.79. The van der Waals surface area contributed by atoms with Crippen LogP contribution < -0.4 is 0 Å². The smallest absolute Gasteiger partial charge is 0.271 e. The Morgan fingerprint density at radius 2 is 1.14 bits per heavy atom. The van der Waals surface area contributed by atoms with Crippen LogP contribution in [-0.2, 0) is 9.59 Å². The van der Waals surface area contributed by atoms with E-state index in [4.69, 9.17) is 11.8 Å². The zero-order valence-electron chi connectivity index (χ0n) is 11.9. The molecule has 2 fully saturated rings. The van der Waals surface area contributed by atoms with Crippen LogP contribution in [0.5, 0.6) is 0 Å². The van der Waals surface area contributed by atoms with Crippen LogP contribution in [0.3, 0.4) is 0 Å². The summed E-state index contributed by atoms with van der Waals surface area (Å²) in [6, 6.07) is -0.957. The van der Waals surface area contributed by atoms with E-state index in [1.54, 1.807) is 27.7 Å². The third-order valence-electron chi connectivity index (χ3n) is 3.06. The molecule has 0 N–H and O–H groups in total. The molecule has 0 atom stereocenters. The maximum absolute atomic E-state index is 11.2. The van der Waals surface area contributed by atoms with Crippen molar-refractivity contribution >= 4 is 84.1 Å². The Hall–Kier alpha value is -0.390. The molecular formula is C10H12Br3ClN4O4. The van der Waals surface area contributed by atoms with Gasteiger partial charge in [-0.15, -0.1) is 0 Å². The normalized spacial score (nSPS) is 23.3. The average Bonchev–Trinajstić information content (AvgIpc) is 2.67. The third kappa shape index (κ3) is 3.00. The first-order valence-corrected chi connectivity index (χ1v) is 8.25. The second-order valence-corrected chi connectivity index (χ2v) is 7.88. The van der Waals surface area contributed by atoms with E-state index in [9.17, 15) is 19.2 Å². The van der Waals surface area contributed by atoms with Crippen molar-refractivity contribution in [3.63, 3.8) is 0 Å². The molecule has 0 spiro atoms. The summed E-state index contributed by atoms with van der Waals surface area (Å²) in [6.07, 6.45) is 0. The molecule has 6 amide bonds. The highest BCUT2D eigenvalue weighted by molar-refractivity contribution is 9.08. The molecule has 0 aromatic rings. The number of nitrogens with zero attached hydrogens (tertiary/aromatic N) is 4. The zero-order valence-corrected chi connectivity index (χ0v) is 17.4. The first-order valence-electron chi connectivity index (χ1n) is 5.78. The average molecular weight is 527 g/mol. The van der Waals surface area contributed by atoms with Crippen molar-refractivity contribution in [1.29, 1.82) is 0 Å². The minimum atomic E-state index is -0.890. The molecule has 124 valence electrons. The maximum Gasteiger partial charge on any atom is 0.352 e. The summed E-state index contributed by atoms with van der Waals surface area (Å²) in [6.45, 7) is 6.52. The Kier molecular flexibility index (Phi) is 5.58. The van der Waals surface area contributed by atoms with E-state index in [-0.39, 0.29) is 5.91 Å². The number of amides is 6. The number of hydrogen-bond acceptors (Lipinski definition) is 4. The number of rotatable bonds is 0. The number of carbonyl (C=O) groups excluding carboxylic acids is 4. The standard InChI is InChI=1S/C5H6Br2N2O2.C5H6BrClN2O2/c1-5(2)3(10)8(6)4(11)9(5)7;1-5(2)3(10)8(7)4(11)9(5)6/h2*1-2H3. The second-order valence-electron chi connectivity index (χ2n) is 5.42. The topological polar surface area (TPSA) is 81.2 Å². The van der Waals surface area contributed by atoms with Gasteiger partial charge in [-0.2, -0.15) is 8.34 Å². The van der Waals surface area contributed by atoms with Gasteiger partial charge in [-0.3, -0.25) is 9.59 Å². The van der Waals surface area contributed by atoms with Crippen LogP contribution in [0.25, 0.3) is 0 Å². The number of carbonyl (C=O) groups is 4. The molecule has 22 heavy (non-hydrogen) atoms. The van der Waals surface area contributed by atoms with Crippen molar-refractivity contribution in [3.05, 3.63) is 0 Å². The number of halogens is 4. The zero-order chi connectivity index (χ0) is 17.6. The third-order valence-corrected chi connectivity index (χ3v) is 6.36. The van der Waals surface area contributed by atoms with Crippen LogP contribution in [0.1, 0.15) is 27.7 Å². The maximum atomic E-state index is 11.2. The van der Waals surface area contributed by atoms with Gasteiger partial charge in [-0.1, -0.05) is 0 Å². The van der Waals surface area contributed by atoms with Crippen molar-refractivity contribution < 1.29 is 19.2 Å². The molecule has 2 rings (SSSR count). The summed E-state index contributed by atoms with van der Waals surface area (Å²) in [5.74, 6) is -0.708. The molecule has 0 saturated carbocycles. The lowest BCUT2D eigenvalue weighted by Crippen LogP contribution is -2.37. The van der Waals surface area contributed by atoms with E-state index in [0.29, 0.717) is 4.42 Å². The molecule has 0 aliphatic carbocycles. The Bertz CT molecular complexity index is 508. The Labute approximate surface area is 157 Å². The van der Waals surface area contributed by atoms with Gasteiger partial charge in [-0.05, 0) is 27.7 Å². The Morgan fingerprint density at radius 3 is 1.23 bits per heavy atom. The Balaban J connectivity index is 0.000000220. The summed E-state index contributed by atoms with van der Waals surface area (Å²) >= 11 is 14.1. The van der Waals surface area contributed by atoms with Gasteiger partial charge in [0.2, 0.25) is 0 Å². The largest absolute Gasteiger partial charge is 0.352 e. The first-order chi connectivity index (χ1) is 9.77. The van der Waals surface area contributed by atoms with Gasteiger partial charge in [-0.25, -0.2) is 17.4 Å². The number of urea groups is 2. The highest BCUT2D eigenvalue weighted by atomic mass is 79.9. The molecule has 0 bridgehead atoms. The monoisotopic (exact) mass is 524 g/mol. The summed E-state index contributed by atoms with van der Waals surface area (Å²) in [7, 11) is 0. The van der Waals surface area contributed by atoms with Crippen LogP contribution in [0, 0.1) is 0 Å². The molecule has 0 aromatic carbocycles.